The van der Waals surface area contributed by atoms with Crippen molar-refractivity contribution in [1.82, 2.24) is 0 Å². The SMILES string of the molecule is CC(C)(C)OC(=O)[C@@H]1C[C@]12CCCc1ccccc12. The standard InChI is InChI=1S/C17H22O2/c1-16(2,3)19-15(18)14-11-17(14)10-6-8-12-7-4-5-9-13(12)17/h4-5,7,9,14H,6,8,10-11H2,1-3H3/t14-,17-/m0/s1. The van der Waals surface area contributed by atoms with Gasteiger partial charge in [-0.15, -0.1) is 0 Å². The van der Waals surface area contributed by atoms with Crippen molar-refractivity contribution in [2.24, 2.45) is 5.92 Å². The molecule has 0 amide bonds. The van der Waals surface area contributed by atoms with Crippen molar-refractivity contribution in [2.45, 2.75) is 57.5 Å². The molecule has 0 unspecified atom stereocenters. The van der Waals surface area contributed by atoms with E-state index in [2.05, 4.69) is 24.3 Å². The molecule has 2 nitrogen and oxygen atoms in total. The minimum absolute atomic E-state index is 0.01000. The first kappa shape index (κ1) is 12.7. The smallest absolute Gasteiger partial charge is 0.310 e. The van der Waals surface area contributed by atoms with Crippen LogP contribution in [0.4, 0.5) is 0 Å². The van der Waals surface area contributed by atoms with Gasteiger partial charge >= 0.3 is 5.97 Å². The van der Waals surface area contributed by atoms with E-state index in [9.17, 15) is 4.79 Å². The second kappa shape index (κ2) is 4.09. The summed E-state index contributed by atoms with van der Waals surface area (Å²) in [5.74, 6) is 0.0670. The molecule has 2 atom stereocenters. The van der Waals surface area contributed by atoms with Crippen LogP contribution in [-0.2, 0) is 21.4 Å². The summed E-state index contributed by atoms with van der Waals surface area (Å²) >= 11 is 0. The molecule has 1 fully saturated rings. The van der Waals surface area contributed by atoms with E-state index in [0.29, 0.717) is 0 Å². The van der Waals surface area contributed by atoms with Crippen molar-refractivity contribution in [1.29, 1.82) is 0 Å². The maximum Gasteiger partial charge on any atom is 0.310 e. The van der Waals surface area contributed by atoms with E-state index in [1.165, 1.54) is 17.5 Å². The minimum Gasteiger partial charge on any atom is -0.460 e. The molecule has 0 bridgehead atoms. The van der Waals surface area contributed by atoms with Crippen molar-refractivity contribution in [3.63, 3.8) is 0 Å². The number of hydrogen-bond acceptors (Lipinski definition) is 2. The number of fused-ring (bicyclic) bond motifs is 2. The van der Waals surface area contributed by atoms with Gasteiger partial charge in [-0.25, -0.2) is 0 Å². The fourth-order valence-electron chi connectivity index (χ4n) is 3.51. The topological polar surface area (TPSA) is 26.3 Å². The third-order valence-electron chi connectivity index (χ3n) is 4.39. The van der Waals surface area contributed by atoms with Crippen LogP contribution < -0.4 is 0 Å². The quantitative estimate of drug-likeness (QED) is 0.719. The zero-order valence-electron chi connectivity index (χ0n) is 12.0. The lowest BCUT2D eigenvalue weighted by Crippen LogP contribution is -2.28. The summed E-state index contributed by atoms with van der Waals surface area (Å²) in [7, 11) is 0. The molecular weight excluding hydrogens is 236 g/mol. The van der Waals surface area contributed by atoms with Crippen LogP contribution in [0, 0.1) is 5.92 Å². The Kier molecular flexibility index (Phi) is 2.74. The molecule has 0 heterocycles. The van der Waals surface area contributed by atoms with Crippen molar-refractivity contribution >= 4 is 5.97 Å². The summed E-state index contributed by atoms with van der Waals surface area (Å²) < 4.78 is 5.57. The maximum absolute atomic E-state index is 12.3. The van der Waals surface area contributed by atoms with Gasteiger partial charge in [-0.1, -0.05) is 24.3 Å². The van der Waals surface area contributed by atoms with Gasteiger partial charge in [0.05, 0.1) is 5.92 Å². The van der Waals surface area contributed by atoms with Crippen LogP contribution in [0.3, 0.4) is 0 Å². The highest BCUT2D eigenvalue weighted by Gasteiger charge is 2.61. The molecule has 2 aliphatic carbocycles. The van der Waals surface area contributed by atoms with Gasteiger partial charge in [-0.3, -0.25) is 4.79 Å². The number of benzene rings is 1. The van der Waals surface area contributed by atoms with Crippen LogP contribution in [0.2, 0.25) is 0 Å². The summed E-state index contributed by atoms with van der Waals surface area (Å²) in [6, 6.07) is 8.61. The first-order valence-electron chi connectivity index (χ1n) is 7.24. The van der Waals surface area contributed by atoms with Crippen LogP contribution in [0.1, 0.15) is 51.2 Å². The van der Waals surface area contributed by atoms with E-state index in [0.717, 1.165) is 19.3 Å². The number of ether oxygens (including phenoxy) is 1. The number of aryl methyl sites for hydroxylation is 1. The molecule has 0 aromatic heterocycles. The lowest BCUT2D eigenvalue weighted by molar-refractivity contribution is -0.157. The molecule has 0 N–H and O–H groups in total. The van der Waals surface area contributed by atoms with E-state index in [-0.39, 0.29) is 22.9 Å². The molecule has 0 aliphatic heterocycles. The van der Waals surface area contributed by atoms with Gasteiger partial charge in [-0.05, 0) is 57.6 Å². The zero-order valence-corrected chi connectivity index (χ0v) is 12.0. The molecule has 2 heteroatoms. The Morgan fingerprint density at radius 3 is 2.79 bits per heavy atom. The Bertz CT molecular complexity index is 512. The van der Waals surface area contributed by atoms with Crippen molar-refractivity contribution < 1.29 is 9.53 Å². The number of rotatable bonds is 1. The highest BCUT2D eigenvalue weighted by molar-refractivity contribution is 5.80. The molecule has 1 spiro atoms. The molecular formula is C17H22O2. The Hall–Kier alpha value is -1.31. The van der Waals surface area contributed by atoms with Gasteiger partial charge in [0.1, 0.15) is 5.60 Å². The Morgan fingerprint density at radius 1 is 1.32 bits per heavy atom. The normalized spacial score (nSPS) is 28.9. The molecule has 2 aliphatic rings. The third kappa shape index (κ3) is 2.18. The van der Waals surface area contributed by atoms with E-state index in [4.69, 9.17) is 4.74 Å². The van der Waals surface area contributed by atoms with Gasteiger partial charge in [0.2, 0.25) is 0 Å². The number of carbonyl (C=O) groups is 1. The second-order valence-electron chi connectivity index (χ2n) is 6.96. The third-order valence-corrected chi connectivity index (χ3v) is 4.39. The predicted molar refractivity (Wildman–Crippen MR) is 75.0 cm³/mol. The van der Waals surface area contributed by atoms with E-state index >= 15 is 0 Å². The van der Waals surface area contributed by atoms with Crippen molar-refractivity contribution in [3.8, 4) is 0 Å². The first-order valence-corrected chi connectivity index (χ1v) is 7.24. The van der Waals surface area contributed by atoms with Gasteiger partial charge in [-0.2, -0.15) is 0 Å². The molecule has 1 saturated carbocycles. The number of esters is 1. The molecule has 0 radical (unpaired) electrons. The van der Waals surface area contributed by atoms with E-state index in [1.807, 2.05) is 20.8 Å². The maximum atomic E-state index is 12.3. The number of hydrogen-bond donors (Lipinski definition) is 0. The van der Waals surface area contributed by atoms with E-state index in [1.54, 1.807) is 0 Å². The number of carbonyl (C=O) groups excluding carboxylic acids is 1. The Labute approximate surface area is 115 Å². The van der Waals surface area contributed by atoms with Gasteiger partial charge in [0.15, 0.2) is 0 Å². The summed E-state index contributed by atoms with van der Waals surface area (Å²) in [5.41, 5.74) is 2.54. The lowest BCUT2D eigenvalue weighted by Gasteiger charge is -2.27. The first-order chi connectivity index (χ1) is 8.92. The van der Waals surface area contributed by atoms with Gasteiger partial charge in [0, 0.05) is 5.41 Å². The molecule has 3 rings (SSSR count). The Morgan fingerprint density at radius 2 is 2.05 bits per heavy atom. The fourth-order valence-corrected chi connectivity index (χ4v) is 3.51. The summed E-state index contributed by atoms with van der Waals surface area (Å²) in [5, 5.41) is 0. The molecule has 102 valence electrons. The highest BCUT2D eigenvalue weighted by Crippen LogP contribution is 2.60. The molecule has 1 aromatic carbocycles. The molecule has 1 aromatic rings. The monoisotopic (exact) mass is 258 g/mol. The summed E-state index contributed by atoms with van der Waals surface area (Å²) in [6.07, 6.45) is 4.45. The largest absolute Gasteiger partial charge is 0.460 e. The molecule has 19 heavy (non-hydrogen) atoms. The fraction of sp³-hybridized carbons (Fsp3) is 0.588. The highest BCUT2D eigenvalue weighted by atomic mass is 16.6. The lowest BCUT2D eigenvalue weighted by atomic mass is 9.78. The van der Waals surface area contributed by atoms with Crippen LogP contribution in [0.5, 0.6) is 0 Å². The van der Waals surface area contributed by atoms with Crippen LogP contribution in [-0.4, -0.2) is 11.6 Å². The minimum atomic E-state index is -0.380. The average molecular weight is 258 g/mol. The van der Waals surface area contributed by atoms with E-state index < -0.39 is 0 Å². The summed E-state index contributed by atoms with van der Waals surface area (Å²) in [6.45, 7) is 5.82. The predicted octanol–water partition coefficient (Wildman–Crippen LogP) is 3.62. The Balaban J connectivity index is 1.84. The van der Waals surface area contributed by atoms with Crippen LogP contribution in [0.25, 0.3) is 0 Å². The van der Waals surface area contributed by atoms with Crippen LogP contribution in [0.15, 0.2) is 24.3 Å². The van der Waals surface area contributed by atoms with Crippen molar-refractivity contribution in [3.05, 3.63) is 35.4 Å². The van der Waals surface area contributed by atoms with Crippen LogP contribution >= 0.6 is 0 Å². The average Bonchev–Trinajstić information content (AvgIpc) is 3.03. The summed E-state index contributed by atoms with van der Waals surface area (Å²) in [4.78, 5) is 12.3. The van der Waals surface area contributed by atoms with Gasteiger partial charge < -0.3 is 4.74 Å². The molecule has 0 saturated heterocycles. The van der Waals surface area contributed by atoms with Gasteiger partial charge in [0.25, 0.3) is 0 Å². The van der Waals surface area contributed by atoms with Crippen molar-refractivity contribution in [2.75, 3.05) is 0 Å². The second-order valence-corrected chi connectivity index (χ2v) is 6.96. The zero-order chi connectivity index (χ0) is 13.7.